The third-order valence-corrected chi connectivity index (χ3v) is 8.02. The second kappa shape index (κ2) is 8.90. The Balaban J connectivity index is 1.14. The van der Waals surface area contributed by atoms with Crippen LogP contribution >= 0.6 is 34.3 Å². The van der Waals surface area contributed by atoms with Crippen LogP contribution in [-0.2, 0) is 0 Å². The minimum atomic E-state index is 0.00637. The summed E-state index contributed by atoms with van der Waals surface area (Å²) in [5.41, 5.74) is 1.72. The molecule has 5 rings (SSSR count). The predicted molar refractivity (Wildman–Crippen MR) is 127 cm³/mol. The van der Waals surface area contributed by atoms with Crippen molar-refractivity contribution in [3.8, 4) is 10.6 Å². The fourth-order valence-corrected chi connectivity index (χ4v) is 5.85. The van der Waals surface area contributed by atoms with Crippen LogP contribution in [0.5, 0.6) is 0 Å². The van der Waals surface area contributed by atoms with Crippen molar-refractivity contribution in [1.82, 2.24) is 25.1 Å². The molecule has 2 fully saturated rings. The molecule has 4 heterocycles. The van der Waals surface area contributed by atoms with Crippen molar-refractivity contribution >= 4 is 46.1 Å². The van der Waals surface area contributed by atoms with Crippen LogP contribution in [0.2, 0.25) is 5.02 Å². The highest BCUT2D eigenvalue weighted by atomic mass is 35.5. The maximum Gasteiger partial charge on any atom is 0.282 e. The van der Waals surface area contributed by atoms with E-state index in [1.807, 2.05) is 46.4 Å². The van der Waals surface area contributed by atoms with Gasteiger partial charge in [-0.25, -0.2) is 9.97 Å². The highest BCUT2D eigenvalue weighted by molar-refractivity contribution is 7.17. The van der Waals surface area contributed by atoms with Crippen molar-refractivity contribution in [2.24, 2.45) is 0 Å². The Morgan fingerprint density at radius 1 is 1.09 bits per heavy atom. The first-order chi connectivity index (χ1) is 15.5. The van der Waals surface area contributed by atoms with E-state index in [1.165, 1.54) is 22.7 Å². The van der Waals surface area contributed by atoms with Crippen molar-refractivity contribution in [1.29, 1.82) is 0 Å². The van der Waals surface area contributed by atoms with Gasteiger partial charge in [0.15, 0.2) is 5.01 Å². The summed E-state index contributed by atoms with van der Waals surface area (Å²) in [6.45, 7) is 4.64. The third-order valence-electron chi connectivity index (χ3n) is 5.81. The number of aromatic nitrogens is 2. The van der Waals surface area contributed by atoms with Gasteiger partial charge in [0.1, 0.15) is 9.88 Å². The largest absolute Gasteiger partial charge is 0.335 e. The molecule has 0 bridgehead atoms. The first-order valence-electron chi connectivity index (χ1n) is 10.5. The Kier molecular flexibility index (Phi) is 5.98. The number of likely N-dealkylation sites (tertiary alicyclic amines) is 2. The lowest BCUT2D eigenvalue weighted by molar-refractivity contribution is 0.0556. The second-order valence-corrected chi connectivity index (χ2v) is 10.4. The molecule has 2 aliphatic heterocycles. The highest BCUT2D eigenvalue weighted by Gasteiger charge is 2.36. The van der Waals surface area contributed by atoms with Crippen molar-refractivity contribution in [2.75, 3.05) is 26.2 Å². The third kappa shape index (κ3) is 4.30. The van der Waals surface area contributed by atoms with Gasteiger partial charge >= 0.3 is 0 Å². The van der Waals surface area contributed by atoms with E-state index in [0.717, 1.165) is 29.2 Å². The molecule has 0 spiro atoms. The molecular weight excluding hydrogens is 466 g/mol. The van der Waals surface area contributed by atoms with E-state index in [-0.39, 0.29) is 23.9 Å². The summed E-state index contributed by atoms with van der Waals surface area (Å²) in [7, 11) is 0. The van der Waals surface area contributed by atoms with Crippen molar-refractivity contribution in [3.05, 3.63) is 56.4 Å². The summed E-state index contributed by atoms with van der Waals surface area (Å²) in [6, 6.07) is 8.00. The van der Waals surface area contributed by atoms with E-state index in [1.54, 1.807) is 6.20 Å². The van der Waals surface area contributed by atoms with Crippen LogP contribution in [0.3, 0.4) is 0 Å². The molecule has 0 radical (unpaired) electrons. The number of carbonyl (C=O) groups is 2. The number of nitrogens with zero attached hydrogens (tertiary/aromatic N) is 4. The molecule has 1 aromatic carbocycles. The van der Waals surface area contributed by atoms with E-state index < -0.39 is 0 Å². The topological polar surface area (TPSA) is 78.4 Å². The summed E-state index contributed by atoms with van der Waals surface area (Å²) in [4.78, 5) is 38.6. The van der Waals surface area contributed by atoms with Gasteiger partial charge in [0.25, 0.3) is 11.8 Å². The van der Waals surface area contributed by atoms with Gasteiger partial charge in [-0.05, 0) is 25.5 Å². The maximum absolute atomic E-state index is 13.0. The number of hydrogen-bond donors (Lipinski definition) is 1. The average Bonchev–Trinajstić information content (AvgIpc) is 3.51. The Hall–Kier alpha value is -2.33. The number of carbonyl (C=O) groups excluding carboxylic acids is 2. The molecule has 2 aromatic heterocycles. The summed E-state index contributed by atoms with van der Waals surface area (Å²) >= 11 is 8.77. The Morgan fingerprint density at radius 2 is 1.84 bits per heavy atom. The number of hydrogen-bond acceptors (Lipinski definition) is 7. The van der Waals surface area contributed by atoms with E-state index >= 15 is 0 Å². The molecular formula is C22H22ClN5O2S2. The molecule has 32 heavy (non-hydrogen) atoms. The minimum absolute atomic E-state index is 0.00637. The highest BCUT2D eigenvalue weighted by Crippen LogP contribution is 2.30. The standard InChI is InChI=1S/C22H22ClN5O2S2/c1-13-18(32-19(25-13)14-2-4-15(23)5-3-14)21(29)28-11-17(12-28)26-16-6-8-27(10-16)22(30)20-24-7-9-31-20/h2-5,7,9,16-17,26H,6,8,10-12H2,1H3/t16-/m0/s1. The molecule has 3 aromatic rings. The predicted octanol–water partition coefficient (Wildman–Crippen LogP) is 3.56. The molecule has 0 saturated carbocycles. The zero-order valence-electron chi connectivity index (χ0n) is 17.5. The molecule has 1 N–H and O–H groups in total. The molecule has 0 unspecified atom stereocenters. The average molecular weight is 488 g/mol. The van der Waals surface area contributed by atoms with Crippen molar-refractivity contribution in [3.63, 3.8) is 0 Å². The fraction of sp³-hybridized carbons (Fsp3) is 0.364. The zero-order chi connectivity index (χ0) is 22.2. The molecule has 166 valence electrons. The summed E-state index contributed by atoms with van der Waals surface area (Å²) < 4.78 is 0. The lowest BCUT2D eigenvalue weighted by Gasteiger charge is -2.41. The van der Waals surface area contributed by atoms with Gasteiger partial charge in [-0.1, -0.05) is 23.7 Å². The monoisotopic (exact) mass is 487 g/mol. The second-order valence-electron chi connectivity index (χ2n) is 8.09. The van der Waals surface area contributed by atoms with Gasteiger partial charge in [0, 0.05) is 60.4 Å². The van der Waals surface area contributed by atoms with Gasteiger partial charge in [0.05, 0.1) is 5.69 Å². The van der Waals surface area contributed by atoms with Crippen molar-refractivity contribution in [2.45, 2.75) is 25.4 Å². The van der Waals surface area contributed by atoms with Crippen LogP contribution in [0, 0.1) is 6.92 Å². The SMILES string of the molecule is Cc1nc(-c2ccc(Cl)cc2)sc1C(=O)N1CC(N[C@H]2CCN(C(=O)c3nccs3)C2)C1. The fourth-order valence-electron chi connectivity index (χ4n) is 4.08. The van der Waals surface area contributed by atoms with Crippen LogP contribution in [0.15, 0.2) is 35.8 Å². The normalized spacial score (nSPS) is 18.8. The summed E-state index contributed by atoms with van der Waals surface area (Å²) in [6.07, 6.45) is 2.58. The summed E-state index contributed by atoms with van der Waals surface area (Å²) in [5, 5.41) is 7.47. The zero-order valence-corrected chi connectivity index (χ0v) is 19.8. The Morgan fingerprint density at radius 3 is 2.56 bits per heavy atom. The number of benzene rings is 1. The first-order valence-corrected chi connectivity index (χ1v) is 12.5. The molecule has 2 aliphatic rings. The molecule has 2 amide bonds. The van der Waals surface area contributed by atoms with E-state index in [9.17, 15) is 9.59 Å². The minimum Gasteiger partial charge on any atom is -0.335 e. The lowest BCUT2D eigenvalue weighted by atomic mass is 10.1. The van der Waals surface area contributed by atoms with Gasteiger partial charge in [-0.2, -0.15) is 0 Å². The number of nitrogens with one attached hydrogen (secondary N) is 1. The van der Waals surface area contributed by atoms with Gasteiger partial charge < -0.3 is 15.1 Å². The van der Waals surface area contributed by atoms with Gasteiger partial charge in [-0.15, -0.1) is 22.7 Å². The molecule has 7 nitrogen and oxygen atoms in total. The maximum atomic E-state index is 13.0. The smallest absolute Gasteiger partial charge is 0.282 e. The molecule has 0 aliphatic carbocycles. The van der Waals surface area contributed by atoms with Gasteiger partial charge in [-0.3, -0.25) is 9.59 Å². The van der Waals surface area contributed by atoms with Crippen LogP contribution in [0.1, 0.15) is 31.6 Å². The van der Waals surface area contributed by atoms with E-state index in [2.05, 4.69) is 15.3 Å². The number of aryl methyl sites for hydroxylation is 1. The number of thiazole rings is 2. The van der Waals surface area contributed by atoms with E-state index in [0.29, 0.717) is 34.5 Å². The number of amides is 2. The van der Waals surface area contributed by atoms with Crippen LogP contribution in [-0.4, -0.2) is 69.8 Å². The number of rotatable bonds is 5. The quantitative estimate of drug-likeness (QED) is 0.595. The van der Waals surface area contributed by atoms with E-state index in [4.69, 9.17) is 11.6 Å². The van der Waals surface area contributed by atoms with Crippen LogP contribution in [0.25, 0.3) is 10.6 Å². The van der Waals surface area contributed by atoms with Crippen molar-refractivity contribution < 1.29 is 9.59 Å². The van der Waals surface area contributed by atoms with Gasteiger partial charge in [0.2, 0.25) is 0 Å². The molecule has 2 saturated heterocycles. The van der Waals surface area contributed by atoms with Crippen LogP contribution in [0.4, 0.5) is 0 Å². The molecule has 1 atom stereocenters. The summed E-state index contributed by atoms with van der Waals surface area (Å²) in [5.74, 6) is 0.0390. The molecule has 10 heteroatoms. The lowest BCUT2D eigenvalue weighted by Crippen LogP contribution is -2.62. The Labute approximate surface area is 199 Å². The first kappa shape index (κ1) is 21.5. The Bertz CT molecular complexity index is 1130. The number of halogens is 1. The van der Waals surface area contributed by atoms with Crippen LogP contribution < -0.4 is 5.32 Å².